The van der Waals surface area contributed by atoms with Crippen molar-refractivity contribution in [2.24, 2.45) is 7.05 Å². The van der Waals surface area contributed by atoms with E-state index >= 15 is 0 Å². The highest BCUT2D eigenvalue weighted by Gasteiger charge is 2.20. The number of rotatable bonds is 7. The van der Waals surface area contributed by atoms with Crippen LogP contribution in [0.2, 0.25) is 0 Å². The Kier molecular flexibility index (Phi) is 6.18. The molecule has 0 atom stereocenters. The number of benzene rings is 2. The van der Waals surface area contributed by atoms with Crippen LogP contribution in [0.4, 0.5) is 15.8 Å². The molecule has 0 aliphatic heterocycles. The normalized spacial score (nSPS) is 10.9. The van der Waals surface area contributed by atoms with Crippen LogP contribution in [0.3, 0.4) is 0 Å². The van der Waals surface area contributed by atoms with Crippen LogP contribution in [-0.2, 0) is 7.05 Å². The molecule has 9 nitrogen and oxygen atoms in total. The third-order valence-corrected chi connectivity index (χ3v) is 5.15. The maximum Gasteiger partial charge on any atom is 0.274 e. The number of hydrogen-bond acceptors (Lipinski definition) is 7. The minimum atomic E-state index is -0.554. The van der Waals surface area contributed by atoms with Gasteiger partial charge < -0.3 is 20.1 Å². The molecular weight excluding hydrogens is 427 g/mol. The van der Waals surface area contributed by atoms with Gasteiger partial charge in [-0.1, -0.05) is 6.07 Å². The van der Waals surface area contributed by atoms with Gasteiger partial charge in [-0.2, -0.15) is 5.10 Å². The van der Waals surface area contributed by atoms with Gasteiger partial charge in [0.05, 0.1) is 36.2 Å². The van der Waals surface area contributed by atoms with Crippen LogP contribution in [0.15, 0.2) is 48.8 Å². The molecule has 4 rings (SSSR count). The lowest BCUT2D eigenvalue weighted by Gasteiger charge is -2.22. The second-order valence-corrected chi connectivity index (χ2v) is 7.38. The Labute approximate surface area is 189 Å². The van der Waals surface area contributed by atoms with E-state index in [0.717, 1.165) is 10.9 Å². The summed E-state index contributed by atoms with van der Waals surface area (Å²) >= 11 is 0. The standard InChI is InChI=1S/C23H23FN6O3/c1-29(11-12-31)21-14-13-30(2)28-16(14)7-8-17(21)27-23(32)18-9-10-25-22(26-18)20-15(24)5-4-6-19(20)33-3/h4-10,13,31H,11-12H2,1-3H3,(H,27,32). The van der Waals surface area contributed by atoms with Gasteiger partial charge in [-0.05, 0) is 30.3 Å². The topological polar surface area (TPSA) is 105 Å². The molecule has 0 saturated carbocycles. The van der Waals surface area contributed by atoms with E-state index in [1.165, 1.54) is 31.5 Å². The minimum absolute atomic E-state index is 0.0398. The number of nitrogens with one attached hydrogen (secondary N) is 1. The van der Waals surface area contributed by atoms with Gasteiger partial charge in [0.2, 0.25) is 0 Å². The predicted molar refractivity (Wildman–Crippen MR) is 123 cm³/mol. The van der Waals surface area contributed by atoms with Crippen molar-refractivity contribution in [3.63, 3.8) is 0 Å². The Morgan fingerprint density at radius 1 is 1.27 bits per heavy atom. The first-order chi connectivity index (χ1) is 15.9. The number of anilines is 2. The number of methoxy groups -OCH3 is 1. The molecule has 2 aromatic heterocycles. The molecule has 2 N–H and O–H groups in total. The average Bonchev–Trinajstić information content (AvgIpc) is 3.18. The van der Waals surface area contributed by atoms with Crippen LogP contribution >= 0.6 is 0 Å². The van der Waals surface area contributed by atoms with Gasteiger partial charge in [0.15, 0.2) is 5.82 Å². The highest BCUT2D eigenvalue weighted by Crippen LogP contribution is 2.34. The van der Waals surface area contributed by atoms with E-state index < -0.39 is 11.7 Å². The Hall–Kier alpha value is -4.05. The molecule has 0 aliphatic rings. The number of aliphatic hydroxyl groups excluding tert-OH is 1. The van der Waals surface area contributed by atoms with Gasteiger partial charge in [0, 0.05) is 38.4 Å². The Balaban J connectivity index is 1.71. The zero-order valence-corrected chi connectivity index (χ0v) is 18.4. The largest absolute Gasteiger partial charge is 0.496 e. The second kappa shape index (κ2) is 9.21. The molecule has 0 spiro atoms. The number of ether oxygens (including phenoxy) is 1. The highest BCUT2D eigenvalue weighted by atomic mass is 19.1. The van der Waals surface area contributed by atoms with E-state index in [1.54, 1.807) is 22.9 Å². The Bertz CT molecular complexity index is 1320. The Morgan fingerprint density at radius 2 is 2.09 bits per heavy atom. The molecule has 0 aliphatic carbocycles. The number of aliphatic hydroxyl groups is 1. The van der Waals surface area contributed by atoms with E-state index in [-0.39, 0.29) is 29.4 Å². The third-order valence-electron chi connectivity index (χ3n) is 5.15. The van der Waals surface area contributed by atoms with E-state index in [9.17, 15) is 14.3 Å². The third kappa shape index (κ3) is 4.33. The Morgan fingerprint density at radius 3 is 2.85 bits per heavy atom. The summed E-state index contributed by atoms with van der Waals surface area (Å²) in [4.78, 5) is 23.3. The quantitative estimate of drug-likeness (QED) is 0.446. The number of carbonyl (C=O) groups excluding carboxylic acids is 1. The molecule has 0 unspecified atom stereocenters. The minimum Gasteiger partial charge on any atom is -0.496 e. The van der Waals surface area contributed by atoms with Crippen LogP contribution in [-0.4, -0.2) is 58.1 Å². The summed E-state index contributed by atoms with van der Waals surface area (Å²) in [5.74, 6) is -0.738. The fourth-order valence-corrected chi connectivity index (χ4v) is 3.65. The summed E-state index contributed by atoms with van der Waals surface area (Å²) in [5.41, 5.74) is 2.14. The van der Waals surface area contributed by atoms with E-state index in [1.807, 2.05) is 25.2 Å². The number of nitrogens with zero attached hydrogens (tertiary/aromatic N) is 5. The van der Waals surface area contributed by atoms with Crippen LogP contribution in [0.1, 0.15) is 10.5 Å². The molecule has 10 heteroatoms. The number of halogens is 1. The number of carbonyl (C=O) groups is 1. The van der Waals surface area contributed by atoms with Crippen LogP contribution in [0.25, 0.3) is 22.3 Å². The fourth-order valence-electron chi connectivity index (χ4n) is 3.65. The molecule has 0 fully saturated rings. The number of aryl methyl sites for hydroxylation is 1. The lowest BCUT2D eigenvalue weighted by molar-refractivity contribution is 0.102. The van der Waals surface area contributed by atoms with Crippen molar-refractivity contribution in [3.05, 3.63) is 60.3 Å². The zero-order chi connectivity index (χ0) is 23.5. The van der Waals surface area contributed by atoms with Crippen LogP contribution < -0.4 is 15.0 Å². The predicted octanol–water partition coefficient (Wildman–Crippen LogP) is 2.86. The van der Waals surface area contributed by atoms with Gasteiger partial charge in [-0.3, -0.25) is 9.48 Å². The SMILES string of the molecule is COc1cccc(F)c1-c1nccc(C(=O)Nc2ccc3nn(C)cc3c2N(C)CCO)n1. The van der Waals surface area contributed by atoms with E-state index in [0.29, 0.717) is 17.9 Å². The highest BCUT2D eigenvalue weighted by molar-refractivity contribution is 6.08. The van der Waals surface area contributed by atoms with Crippen molar-refractivity contribution in [1.82, 2.24) is 19.7 Å². The van der Waals surface area contributed by atoms with Crippen molar-refractivity contribution in [1.29, 1.82) is 0 Å². The zero-order valence-electron chi connectivity index (χ0n) is 18.4. The van der Waals surface area contributed by atoms with Crippen molar-refractivity contribution in [2.45, 2.75) is 0 Å². The van der Waals surface area contributed by atoms with E-state index in [4.69, 9.17) is 4.74 Å². The molecule has 2 aromatic carbocycles. The smallest absolute Gasteiger partial charge is 0.274 e. The van der Waals surface area contributed by atoms with Gasteiger partial charge >= 0.3 is 0 Å². The number of likely N-dealkylation sites (N-methyl/N-ethyl adjacent to an activating group) is 1. The molecule has 170 valence electrons. The number of aromatic nitrogens is 4. The summed E-state index contributed by atoms with van der Waals surface area (Å²) < 4.78 is 21.4. The van der Waals surface area contributed by atoms with Crippen molar-refractivity contribution >= 4 is 28.2 Å². The molecule has 0 bridgehead atoms. The monoisotopic (exact) mass is 450 g/mol. The van der Waals surface area contributed by atoms with E-state index in [2.05, 4.69) is 20.4 Å². The second-order valence-electron chi connectivity index (χ2n) is 7.38. The lowest BCUT2D eigenvalue weighted by atomic mass is 10.1. The van der Waals surface area contributed by atoms with Gasteiger partial charge in [-0.15, -0.1) is 0 Å². The first kappa shape index (κ1) is 22.2. The molecule has 0 saturated heterocycles. The van der Waals surface area contributed by atoms with Gasteiger partial charge in [-0.25, -0.2) is 14.4 Å². The van der Waals surface area contributed by atoms with Crippen molar-refractivity contribution in [3.8, 4) is 17.1 Å². The molecule has 4 aromatic rings. The lowest BCUT2D eigenvalue weighted by Crippen LogP contribution is -2.24. The van der Waals surface area contributed by atoms with Crippen molar-refractivity contribution in [2.75, 3.05) is 37.5 Å². The van der Waals surface area contributed by atoms with Crippen LogP contribution in [0, 0.1) is 5.82 Å². The maximum absolute atomic E-state index is 14.5. The summed E-state index contributed by atoms with van der Waals surface area (Å²) in [7, 11) is 5.06. The molecule has 0 radical (unpaired) electrons. The van der Waals surface area contributed by atoms with Gasteiger partial charge in [0.25, 0.3) is 5.91 Å². The molecule has 1 amide bonds. The van der Waals surface area contributed by atoms with Crippen molar-refractivity contribution < 1.29 is 19.0 Å². The maximum atomic E-state index is 14.5. The summed E-state index contributed by atoms with van der Waals surface area (Å²) in [6.45, 7) is 0.307. The number of fused-ring (bicyclic) bond motifs is 1. The molecule has 2 heterocycles. The summed E-state index contributed by atoms with van der Waals surface area (Å²) in [5, 5.41) is 17.5. The summed E-state index contributed by atoms with van der Waals surface area (Å²) in [6, 6.07) is 9.40. The number of amides is 1. The van der Waals surface area contributed by atoms with Gasteiger partial charge in [0.1, 0.15) is 17.3 Å². The summed E-state index contributed by atoms with van der Waals surface area (Å²) in [6.07, 6.45) is 3.24. The first-order valence-corrected chi connectivity index (χ1v) is 10.2. The number of hydrogen-bond donors (Lipinski definition) is 2. The first-order valence-electron chi connectivity index (χ1n) is 10.2. The molecule has 33 heavy (non-hydrogen) atoms. The average molecular weight is 450 g/mol. The van der Waals surface area contributed by atoms with Crippen LogP contribution in [0.5, 0.6) is 5.75 Å². The molecular formula is C23H23FN6O3. The fraction of sp³-hybridized carbons (Fsp3) is 0.217.